The number of rotatable bonds is 2. The van der Waals surface area contributed by atoms with E-state index in [4.69, 9.17) is 23.2 Å². The van der Waals surface area contributed by atoms with Gasteiger partial charge in [-0.05, 0) is 28.6 Å². The Bertz CT molecular complexity index is 741. The fraction of sp³-hybridized carbons (Fsp3) is 0.200. The van der Waals surface area contributed by atoms with Crippen LogP contribution < -0.4 is 0 Å². The maximum Gasteiger partial charge on any atom is 0.260 e. The Labute approximate surface area is 136 Å². The van der Waals surface area contributed by atoms with Crippen LogP contribution in [0.4, 0.5) is 0 Å². The van der Waals surface area contributed by atoms with E-state index in [1.807, 2.05) is 11.4 Å². The lowest BCUT2D eigenvalue weighted by atomic mass is 9.95. The van der Waals surface area contributed by atoms with E-state index < -0.39 is 5.38 Å². The average Bonchev–Trinajstić information content (AvgIpc) is 2.90. The van der Waals surface area contributed by atoms with Gasteiger partial charge in [-0.3, -0.25) is 14.5 Å². The minimum atomic E-state index is -0.404. The molecule has 3 rings (SSSR count). The van der Waals surface area contributed by atoms with Gasteiger partial charge in [-0.15, -0.1) is 22.9 Å². The molecule has 1 aromatic carbocycles. The first kappa shape index (κ1) is 14.6. The number of benzene rings is 1. The Balaban J connectivity index is 2.02. The second-order valence-corrected chi connectivity index (χ2v) is 6.64. The van der Waals surface area contributed by atoms with Crippen molar-refractivity contribution in [1.82, 2.24) is 4.90 Å². The summed E-state index contributed by atoms with van der Waals surface area (Å²) in [5, 5.41) is 2.10. The molecule has 1 aliphatic heterocycles. The van der Waals surface area contributed by atoms with Gasteiger partial charge in [-0.1, -0.05) is 23.7 Å². The number of thiophene rings is 1. The highest BCUT2D eigenvalue weighted by molar-refractivity contribution is 7.11. The van der Waals surface area contributed by atoms with Crippen LogP contribution in [0.1, 0.15) is 31.7 Å². The second kappa shape index (κ2) is 5.44. The summed E-state index contributed by atoms with van der Waals surface area (Å²) < 4.78 is 0. The Morgan fingerprint density at radius 1 is 1.29 bits per heavy atom. The number of carbonyl (C=O) groups is 2. The predicted octanol–water partition coefficient (Wildman–Crippen LogP) is 3.88. The summed E-state index contributed by atoms with van der Waals surface area (Å²) in [6.45, 7) is 0. The molecule has 21 heavy (non-hydrogen) atoms. The molecule has 1 aromatic heterocycles. The van der Waals surface area contributed by atoms with Crippen molar-refractivity contribution in [2.45, 2.75) is 11.8 Å². The lowest BCUT2D eigenvalue weighted by Gasteiger charge is -2.24. The van der Waals surface area contributed by atoms with Crippen LogP contribution in [0.5, 0.6) is 0 Å². The van der Waals surface area contributed by atoms with Crippen molar-refractivity contribution >= 4 is 46.4 Å². The van der Waals surface area contributed by atoms with Crippen LogP contribution in [0.2, 0.25) is 5.02 Å². The van der Waals surface area contributed by atoms with Crippen molar-refractivity contribution in [3.63, 3.8) is 0 Å². The molecular weight excluding hydrogens is 329 g/mol. The number of nitrogens with zero attached hydrogens (tertiary/aromatic N) is 1. The van der Waals surface area contributed by atoms with Crippen LogP contribution in [0.25, 0.3) is 0 Å². The summed E-state index contributed by atoms with van der Waals surface area (Å²) >= 11 is 14.1. The predicted molar refractivity (Wildman–Crippen MR) is 84.3 cm³/mol. The summed E-state index contributed by atoms with van der Waals surface area (Å²) in [6, 6.07) is 7.20. The number of carbonyl (C=O) groups excluding carboxylic acids is 2. The third-order valence-electron chi connectivity index (χ3n) is 3.55. The molecule has 0 fully saturated rings. The van der Waals surface area contributed by atoms with Gasteiger partial charge in [0.2, 0.25) is 5.91 Å². The van der Waals surface area contributed by atoms with Crippen molar-refractivity contribution in [2.24, 2.45) is 0 Å². The highest BCUT2D eigenvalue weighted by atomic mass is 35.5. The molecule has 0 bridgehead atoms. The molecule has 0 aliphatic carbocycles. The van der Waals surface area contributed by atoms with E-state index in [1.54, 1.807) is 18.2 Å². The summed E-state index contributed by atoms with van der Waals surface area (Å²) in [4.78, 5) is 25.9. The third kappa shape index (κ3) is 2.48. The number of halogens is 2. The third-order valence-corrected chi connectivity index (χ3v) is 5.58. The molecule has 0 N–H and O–H groups in total. The normalized spacial score (nSPS) is 16.0. The largest absolute Gasteiger partial charge is 0.281 e. The molecule has 2 aromatic rings. The van der Waals surface area contributed by atoms with Crippen LogP contribution in [-0.4, -0.2) is 23.8 Å². The highest BCUT2D eigenvalue weighted by Gasteiger charge is 2.29. The number of hydrogen-bond donors (Lipinski definition) is 0. The van der Waals surface area contributed by atoms with Crippen molar-refractivity contribution in [2.75, 3.05) is 7.05 Å². The summed E-state index contributed by atoms with van der Waals surface area (Å²) in [5.41, 5.74) is 2.08. The van der Waals surface area contributed by atoms with Gasteiger partial charge in [0.1, 0.15) is 0 Å². The Hall–Kier alpha value is -1.36. The molecule has 0 spiro atoms. The molecule has 0 radical (unpaired) electrons. The standard InChI is InChI=1S/C15H11Cl2NO2S/c1-18-12(19)7-8-2-3-9(6-10(8)15(18)20)13(17)14-11(16)4-5-21-14/h2-6,13H,7H2,1H3. The minimum Gasteiger partial charge on any atom is -0.281 e. The average molecular weight is 340 g/mol. The van der Waals surface area contributed by atoms with Crippen LogP contribution >= 0.6 is 34.5 Å². The quantitative estimate of drug-likeness (QED) is 0.614. The number of imide groups is 1. The molecule has 3 nitrogen and oxygen atoms in total. The molecule has 1 unspecified atom stereocenters. The SMILES string of the molecule is CN1C(=O)Cc2ccc(C(Cl)c3sccc3Cl)cc2C1=O. The second-order valence-electron chi connectivity index (χ2n) is 4.85. The number of likely N-dealkylation sites (N-methyl/N-ethyl adjacent to an activating group) is 1. The first-order valence-electron chi connectivity index (χ1n) is 6.29. The van der Waals surface area contributed by atoms with E-state index in [9.17, 15) is 9.59 Å². The maximum atomic E-state index is 12.2. The van der Waals surface area contributed by atoms with Gasteiger partial charge >= 0.3 is 0 Å². The number of amides is 2. The summed E-state index contributed by atoms with van der Waals surface area (Å²) in [5.74, 6) is -0.479. The Kier molecular flexibility index (Phi) is 3.78. The zero-order valence-corrected chi connectivity index (χ0v) is 13.4. The van der Waals surface area contributed by atoms with E-state index in [0.29, 0.717) is 10.6 Å². The van der Waals surface area contributed by atoms with Gasteiger partial charge in [-0.25, -0.2) is 0 Å². The molecule has 6 heteroatoms. The molecule has 0 saturated heterocycles. The van der Waals surface area contributed by atoms with E-state index in [1.165, 1.54) is 18.4 Å². The van der Waals surface area contributed by atoms with Crippen LogP contribution in [0.15, 0.2) is 29.6 Å². The minimum absolute atomic E-state index is 0.191. The van der Waals surface area contributed by atoms with Crippen LogP contribution in [-0.2, 0) is 11.2 Å². The number of alkyl halides is 1. The van der Waals surface area contributed by atoms with Gasteiger partial charge in [0.15, 0.2) is 0 Å². The molecule has 1 atom stereocenters. The topological polar surface area (TPSA) is 37.4 Å². The van der Waals surface area contributed by atoms with Crippen molar-refractivity contribution < 1.29 is 9.59 Å². The van der Waals surface area contributed by atoms with Crippen LogP contribution in [0.3, 0.4) is 0 Å². The molecule has 2 heterocycles. The summed E-state index contributed by atoms with van der Waals surface area (Å²) in [7, 11) is 1.49. The monoisotopic (exact) mass is 339 g/mol. The first-order chi connectivity index (χ1) is 9.99. The van der Waals surface area contributed by atoms with Gasteiger partial charge in [-0.2, -0.15) is 0 Å². The fourth-order valence-electron chi connectivity index (χ4n) is 2.32. The smallest absolute Gasteiger partial charge is 0.260 e. The molecule has 1 aliphatic rings. The lowest BCUT2D eigenvalue weighted by molar-refractivity contribution is -0.127. The van der Waals surface area contributed by atoms with Crippen LogP contribution in [0, 0.1) is 0 Å². The van der Waals surface area contributed by atoms with E-state index >= 15 is 0 Å². The van der Waals surface area contributed by atoms with Gasteiger partial charge in [0.05, 0.1) is 16.8 Å². The zero-order chi connectivity index (χ0) is 15.1. The van der Waals surface area contributed by atoms with Gasteiger partial charge in [0, 0.05) is 17.5 Å². The lowest BCUT2D eigenvalue weighted by Crippen LogP contribution is -2.39. The number of fused-ring (bicyclic) bond motifs is 1. The zero-order valence-electron chi connectivity index (χ0n) is 11.1. The van der Waals surface area contributed by atoms with E-state index in [0.717, 1.165) is 20.9 Å². The van der Waals surface area contributed by atoms with Crippen molar-refractivity contribution in [3.05, 3.63) is 56.2 Å². The molecule has 0 saturated carbocycles. The van der Waals surface area contributed by atoms with Gasteiger partial charge < -0.3 is 0 Å². The van der Waals surface area contributed by atoms with E-state index in [-0.39, 0.29) is 18.2 Å². The Morgan fingerprint density at radius 2 is 2.05 bits per heavy atom. The van der Waals surface area contributed by atoms with Crippen molar-refractivity contribution in [1.29, 1.82) is 0 Å². The molecular formula is C15H11Cl2NO2S. The molecule has 108 valence electrons. The maximum absolute atomic E-state index is 12.2. The fourth-order valence-corrected chi connectivity index (χ4v) is 3.95. The summed E-state index contributed by atoms with van der Waals surface area (Å²) in [6.07, 6.45) is 0.241. The molecule has 2 amide bonds. The van der Waals surface area contributed by atoms with Crippen molar-refractivity contribution in [3.8, 4) is 0 Å². The Morgan fingerprint density at radius 3 is 2.71 bits per heavy atom. The first-order valence-corrected chi connectivity index (χ1v) is 7.99. The van der Waals surface area contributed by atoms with E-state index in [2.05, 4.69) is 0 Å². The number of hydrogen-bond acceptors (Lipinski definition) is 3. The highest BCUT2D eigenvalue weighted by Crippen LogP contribution is 2.38. The van der Waals surface area contributed by atoms with Gasteiger partial charge in [0.25, 0.3) is 5.91 Å².